The Morgan fingerprint density at radius 1 is 1.32 bits per heavy atom. The third kappa shape index (κ3) is 2.10. The summed E-state index contributed by atoms with van der Waals surface area (Å²) in [7, 11) is 1.67. The van der Waals surface area contributed by atoms with Gasteiger partial charge in [-0.2, -0.15) is 0 Å². The van der Waals surface area contributed by atoms with E-state index < -0.39 is 0 Å². The van der Waals surface area contributed by atoms with E-state index in [4.69, 9.17) is 4.74 Å². The number of anilines is 1. The molecule has 0 radical (unpaired) electrons. The number of amides is 1. The van der Waals surface area contributed by atoms with Gasteiger partial charge in [-0.3, -0.25) is 4.79 Å². The predicted octanol–water partition coefficient (Wildman–Crippen LogP) is 1.64. The number of rotatable bonds is 2. The molecule has 0 bridgehead atoms. The maximum Gasteiger partial charge on any atom is 0.231 e. The molecule has 3 rings (SSSR count). The van der Waals surface area contributed by atoms with Crippen molar-refractivity contribution in [2.24, 2.45) is 0 Å². The Bertz CT molecular complexity index is 507. The summed E-state index contributed by atoms with van der Waals surface area (Å²) >= 11 is 0. The summed E-state index contributed by atoms with van der Waals surface area (Å²) in [6.45, 7) is 4.06. The number of piperidine rings is 1. The number of hydrogen-bond acceptors (Lipinski definition) is 3. The number of benzene rings is 1. The van der Waals surface area contributed by atoms with Crippen LogP contribution in [0.15, 0.2) is 12.1 Å². The first-order valence-corrected chi connectivity index (χ1v) is 6.91. The average Bonchev–Trinajstić information content (AvgIpc) is 2.76. The van der Waals surface area contributed by atoms with Crippen molar-refractivity contribution in [2.75, 3.05) is 25.1 Å². The quantitative estimate of drug-likeness (QED) is 0.879. The van der Waals surface area contributed by atoms with Crippen LogP contribution in [0.4, 0.5) is 5.69 Å². The SMILES string of the molecule is COc1cc(C)c2c(c1)CC(=O)N2C1CCNCC1. The minimum Gasteiger partial charge on any atom is -0.497 e. The van der Waals surface area contributed by atoms with Crippen molar-refractivity contribution >= 4 is 11.6 Å². The Balaban J connectivity index is 1.98. The number of nitrogens with one attached hydrogen (secondary N) is 1. The first kappa shape index (κ1) is 12.5. The molecule has 2 aliphatic rings. The van der Waals surface area contributed by atoms with E-state index >= 15 is 0 Å². The molecule has 1 N–H and O–H groups in total. The van der Waals surface area contributed by atoms with Crippen LogP contribution in [-0.2, 0) is 11.2 Å². The van der Waals surface area contributed by atoms with Crippen molar-refractivity contribution < 1.29 is 9.53 Å². The fraction of sp³-hybridized carbons (Fsp3) is 0.533. The van der Waals surface area contributed by atoms with E-state index in [0.29, 0.717) is 12.5 Å². The highest BCUT2D eigenvalue weighted by Gasteiger charge is 2.35. The number of methoxy groups -OCH3 is 1. The molecule has 1 aromatic rings. The van der Waals surface area contributed by atoms with Crippen molar-refractivity contribution in [1.82, 2.24) is 5.32 Å². The Hall–Kier alpha value is -1.55. The maximum atomic E-state index is 12.3. The minimum atomic E-state index is 0.234. The van der Waals surface area contributed by atoms with Crippen molar-refractivity contribution in [2.45, 2.75) is 32.2 Å². The Morgan fingerprint density at radius 2 is 2.05 bits per heavy atom. The monoisotopic (exact) mass is 260 g/mol. The molecular weight excluding hydrogens is 240 g/mol. The molecule has 4 heteroatoms. The number of carbonyl (C=O) groups excluding carboxylic acids is 1. The second kappa shape index (κ2) is 4.85. The highest BCUT2D eigenvalue weighted by molar-refractivity contribution is 6.03. The van der Waals surface area contributed by atoms with Gasteiger partial charge in [0.2, 0.25) is 5.91 Å². The number of hydrogen-bond donors (Lipinski definition) is 1. The average molecular weight is 260 g/mol. The predicted molar refractivity (Wildman–Crippen MR) is 74.8 cm³/mol. The first-order valence-electron chi connectivity index (χ1n) is 6.91. The molecule has 2 aliphatic heterocycles. The Labute approximate surface area is 113 Å². The lowest BCUT2D eigenvalue weighted by Crippen LogP contribution is -2.45. The summed E-state index contributed by atoms with van der Waals surface area (Å²) in [6.07, 6.45) is 2.59. The molecule has 1 fully saturated rings. The molecule has 0 aromatic heterocycles. The van der Waals surface area contributed by atoms with Crippen molar-refractivity contribution in [1.29, 1.82) is 0 Å². The highest BCUT2D eigenvalue weighted by Crippen LogP contribution is 2.38. The zero-order chi connectivity index (χ0) is 13.4. The zero-order valence-corrected chi connectivity index (χ0v) is 11.5. The van der Waals surface area contributed by atoms with Gasteiger partial charge in [-0.1, -0.05) is 0 Å². The fourth-order valence-electron chi connectivity index (χ4n) is 3.24. The first-order chi connectivity index (χ1) is 9.20. The summed E-state index contributed by atoms with van der Waals surface area (Å²) in [6, 6.07) is 4.37. The lowest BCUT2D eigenvalue weighted by atomic mass is 10.0. The number of nitrogens with zero attached hydrogens (tertiary/aromatic N) is 1. The van der Waals surface area contributed by atoms with Crippen molar-refractivity contribution in [3.05, 3.63) is 23.3 Å². The highest BCUT2D eigenvalue weighted by atomic mass is 16.5. The van der Waals surface area contributed by atoms with Crippen molar-refractivity contribution in [3.8, 4) is 5.75 Å². The molecular formula is C15H20N2O2. The molecule has 1 aromatic carbocycles. The fourth-order valence-corrected chi connectivity index (χ4v) is 3.24. The second-order valence-corrected chi connectivity index (χ2v) is 5.37. The summed E-state index contributed by atoms with van der Waals surface area (Å²) in [5.74, 6) is 1.08. The molecule has 0 aliphatic carbocycles. The lowest BCUT2D eigenvalue weighted by molar-refractivity contribution is -0.117. The normalized spacial score (nSPS) is 19.7. The largest absolute Gasteiger partial charge is 0.497 e. The molecule has 2 heterocycles. The van der Waals surface area contributed by atoms with E-state index in [1.165, 1.54) is 0 Å². The molecule has 0 spiro atoms. The van der Waals surface area contributed by atoms with Crippen LogP contribution in [0.5, 0.6) is 5.75 Å². The maximum absolute atomic E-state index is 12.3. The number of fused-ring (bicyclic) bond motifs is 1. The lowest BCUT2D eigenvalue weighted by Gasteiger charge is -2.32. The third-order valence-electron chi connectivity index (χ3n) is 4.11. The standard InChI is InChI=1S/C15H20N2O2/c1-10-7-13(19-2)8-11-9-14(18)17(15(10)11)12-3-5-16-6-4-12/h7-8,12,16H,3-6,9H2,1-2H3. The van der Waals surface area contributed by atoms with Gasteiger partial charge in [0.05, 0.1) is 19.2 Å². The zero-order valence-electron chi connectivity index (χ0n) is 11.5. The van der Waals surface area contributed by atoms with E-state index in [0.717, 1.165) is 48.5 Å². The van der Waals surface area contributed by atoms with Crippen LogP contribution in [0.1, 0.15) is 24.0 Å². The molecule has 19 heavy (non-hydrogen) atoms. The Morgan fingerprint density at radius 3 is 2.74 bits per heavy atom. The van der Waals surface area contributed by atoms with E-state index in [1.807, 2.05) is 17.0 Å². The van der Waals surface area contributed by atoms with Crippen molar-refractivity contribution in [3.63, 3.8) is 0 Å². The van der Waals surface area contributed by atoms with Crippen LogP contribution in [-0.4, -0.2) is 32.1 Å². The summed E-state index contributed by atoms with van der Waals surface area (Å²) in [5.41, 5.74) is 3.37. The van der Waals surface area contributed by atoms with E-state index in [1.54, 1.807) is 7.11 Å². The molecule has 1 amide bonds. The number of ether oxygens (including phenoxy) is 1. The number of aryl methyl sites for hydroxylation is 1. The van der Waals surface area contributed by atoms with Gasteiger partial charge >= 0.3 is 0 Å². The third-order valence-corrected chi connectivity index (χ3v) is 4.11. The van der Waals surface area contributed by atoms with Gasteiger partial charge in [0, 0.05) is 6.04 Å². The Kier molecular flexibility index (Phi) is 3.19. The van der Waals surface area contributed by atoms with Crippen LogP contribution in [0.2, 0.25) is 0 Å². The van der Waals surface area contributed by atoms with Crippen LogP contribution in [0.3, 0.4) is 0 Å². The van der Waals surface area contributed by atoms with Crippen LogP contribution in [0.25, 0.3) is 0 Å². The van der Waals surface area contributed by atoms with E-state index in [2.05, 4.69) is 12.2 Å². The molecule has 4 nitrogen and oxygen atoms in total. The number of carbonyl (C=O) groups is 1. The summed E-state index contributed by atoms with van der Waals surface area (Å²) in [4.78, 5) is 14.4. The van der Waals surface area contributed by atoms with E-state index in [9.17, 15) is 4.79 Å². The van der Waals surface area contributed by atoms with Crippen LogP contribution in [0, 0.1) is 6.92 Å². The molecule has 0 unspecified atom stereocenters. The molecule has 1 saturated heterocycles. The van der Waals surface area contributed by atoms with Gasteiger partial charge in [-0.05, 0) is 56.1 Å². The van der Waals surface area contributed by atoms with Gasteiger partial charge < -0.3 is 15.0 Å². The van der Waals surface area contributed by atoms with Gasteiger partial charge in [0.1, 0.15) is 5.75 Å². The topological polar surface area (TPSA) is 41.6 Å². The smallest absolute Gasteiger partial charge is 0.231 e. The molecule has 0 saturated carbocycles. The molecule has 0 atom stereocenters. The van der Waals surface area contributed by atoms with Gasteiger partial charge in [0.25, 0.3) is 0 Å². The minimum absolute atomic E-state index is 0.234. The molecule has 102 valence electrons. The van der Waals surface area contributed by atoms with Crippen LogP contribution >= 0.6 is 0 Å². The summed E-state index contributed by atoms with van der Waals surface area (Å²) < 4.78 is 5.30. The van der Waals surface area contributed by atoms with Gasteiger partial charge in [0.15, 0.2) is 0 Å². The second-order valence-electron chi connectivity index (χ2n) is 5.37. The van der Waals surface area contributed by atoms with Gasteiger partial charge in [-0.25, -0.2) is 0 Å². The summed E-state index contributed by atoms with van der Waals surface area (Å²) in [5, 5.41) is 3.35. The van der Waals surface area contributed by atoms with Crippen LogP contribution < -0.4 is 15.0 Å². The van der Waals surface area contributed by atoms with E-state index in [-0.39, 0.29) is 5.91 Å². The van der Waals surface area contributed by atoms with Gasteiger partial charge in [-0.15, -0.1) is 0 Å².